The van der Waals surface area contributed by atoms with Gasteiger partial charge in [0.05, 0.1) is 23.5 Å². The predicted octanol–water partition coefficient (Wildman–Crippen LogP) is 1.69. The van der Waals surface area contributed by atoms with Gasteiger partial charge in [0.2, 0.25) is 5.78 Å². The van der Waals surface area contributed by atoms with Crippen molar-refractivity contribution in [2.75, 3.05) is 0 Å². The number of nitrogens with zero attached hydrogens (tertiary/aromatic N) is 2. The number of hydrogen-bond donors (Lipinski definition) is 3. The topological polar surface area (TPSA) is 123 Å². The van der Waals surface area contributed by atoms with Crippen LogP contribution in [0.4, 0.5) is 0 Å². The Balaban J connectivity index is 2.22. The Bertz CT molecular complexity index is 914. The molecule has 102 valence electrons. The van der Waals surface area contributed by atoms with Crippen molar-refractivity contribution in [3.05, 3.63) is 53.2 Å². The number of nitrogens with one attached hydrogen (secondary N) is 2. The zero-order valence-corrected chi connectivity index (χ0v) is 10.5. The van der Waals surface area contributed by atoms with Crippen molar-refractivity contribution >= 4 is 22.7 Å². The molecule has 0 amide bonds. The molecule has 0 unspecified atom stereocenters. The van der Waals surface area contributed by atoms with Gasteiger partial charge in [-0.1, -0.05) is 6.07 Å². The second kappa shape index (κ2) is 4.61. The Kier molecular flexibility index (Phi) is 2.77. The third-order valence-electron chi connectivity index (χ3n) is 3.14. The first-order chi connectivity index (χ1) is 10.1. The number of carbonyl (C=O) groups is 2. The summed E-state index contributed by atoms with van der Waals surface area (Å²) in [5.41, 5.74) is 0.728. The van der Waals surface area contributed by atoms with Crippen LogP contribution in [0.15, 0.2) is 30.7 Å². The fraction of sp³-hybridized carbons (Fsp3) is 0. The second-order valence-electron chi connectivity index (χ2n) is 4.30. The Hall–Kier alpha value is -3.40. The zero-order valence-electron chi connectivity index (χ0n) is 10.5. The van der Waals surface area contributed by atoms with E-state index in [1.807, 2.05) is 6.07 Å². The van der Waals surface area contributed by atoms with Gasteiger partial charge in [-0.15, -0.1) is 0 Å². The van der Waals surface area contributed by atoms with E-state index in [1.165, 1.54) is 6.20 Å². The van der Waals surface area contributed by atoms with Crippen LogP contribution >= 0.6 is 0 Å². The minimum atomic E-state index is -1.27. The Labute approximate surface area is 117 Å². The summed E-state index contributed by atoms with van der Waals surface area (Å²) in [7, 11) is 0. The maximum Gasteiger partial charge on any atom is 0.354 e. The van der Waals surface area contributed by atoms with E-state index in [-0.39, 0.29) is 17.0 Å². The monoisotopic (exact) mass is 280 g/mol. The third kappa shape index (κ3) is 1.86. The Morgan fingerprint density at radius 2 is 2.10 bits per heavy atom. The fourth-order valence-electron chi connectivity index (χ4n) is 2.21. The number of carboxylic acid groups (broad SMARTS) is 1. The molecule has 2 aromatic heterocycles. The van der Waals surface area contributed by atoms with Crippen LogP contribution in [0, 0.1) is 11.3 Å². The lowest BCUT2D eigenvalue weighted by Crippen LogP contribution is -2.09. The average molecular weight is 280 g/mol. The molecule has 0 aliphatic rings. The quantitative estimate of drug-likeness (QED) is 0.630. The predicted molar refractivity (Wildman–Crippen MR) is 72.0 cm³/mol. The maximum atomic E-state index is 12.5. The van der Waals surface area contributed by atoms with Gasteiger partial charge < -0.3 is 15.1 Å². The molecule has 0 saturated heterocycles. The number of fused-ring (bicyclic) bond motifs is 1. The highest BCUT2D eigenvalue weighted by Crippen LogP contribution is 2.24. The molecular weight excluding hydrogens is 272 g/mol. The first-order valence-corrected chi connectivity index (χ1v) is 5.95. The molecule has 0 saturated carbocycles. The van der Waals surface area contributed by atoms with Crippen LogP contribution in [0.3, 0.4) is 0 Å². The number of ketones is 1. The standard InChI is InChI=1S/C14H8N4O3/c15-4-7-2-1-3-9-10(7)8(5-16-9)13(19)11-12(14(20)21)18-6-17-11/h1-3,5-6,16H,(H,17,18)(H,20,21). The van der Waals surface area contributed by atoms with Crippen LogP contribution in [0.5, 0.6) is 0 Å². The molecule has 3 rings (SSSR count). The molecule has 2 heterocycles. The molecular formula is C14H8N4O3. The minimum absolute atomic E-state index is 0.184. The van der Waals surface area contributed by atoms with Gasteiger partial charge >= 0.3 is 5.97 Å². The number of imidazole rings is 1. The number of carboxylic acids is 1. The number of aromatic nitrogens is 3. The van der Waals surface area contributed by atoms with Crippen LogP contribution in [-0.2, 0) is 0 Å². The Morgan fingerprint density at radius 1 is 1.29 bits per heavy atom. The van der Waals surface area contributed by atoms with Crippen LogP contribution in [0.2, 0.25) is 0 Å². The molecule has 0 bridgehead atoms. The largest absolute Gasteiger partial charge is 0.477 e. The van der Waals surface area contributed by atoms with Gasteiger partial charge in [0.15, 0.2) is 5.69 Å². The van der Waals surface area contributed by atoms with E-state index in [0.29, 0.717) is 16.5 Å². The normalized spacial score (nSPS) is 10.4. The minimum Gasteiger partial charge on any atom is -0.477 e. The first kappa shape index (κ1) is 12.6. The molecule has 0 fully saturated rings. The van der Waals surface area contributed by atoms with Crippen molar-refractivity contribution < 1.29 is 14.7 Å². The summed E-state index contributed by atoms with van der Waals surface area (Å²) in [4.78, 5) is 32.6. The number of aromatic amines is 2. The van der Waals surface area contributed by atoms with Gasteiger partial charge in [-0.3, -0.25) is 4.79 Å². The van der Waals surface area contributed by atoms with Crippen molar-refractivity contribution in [1.29, 1.82) is 5.26 Å². The molecule has 21 heavy (non-hydrogen) atoms. The van der Waals surface area contributed by atoms with E-state index < -0.39 is 11.8 Å². The molecule has 0 aliphatic heterocycles. The lowest BCUT2D eigenvalue weighted by atomic mass is 10.0. The van der Waals surface area contributed by atoms with Crippen molar-refractivity contribution in [2.45, 2.75) is 0 Å². The molecule has 0 atom stereocenters. The van der Waals surface area contributed by atoms with Crippen LogP contribution in [0.1, 0.15) is 32.1 Å². The number of aromatic carboxylic acids is 1. The van der Waals surface area contributed by atoms with Crippen molar-refractivity contribution in [1.82, 2.24) is 15.0 Å². The number of H-pyrrole nitrogens is 2. The maximum absolute atomic E-state index is 12.5. The number of benzene rings is 1. The van der Waals surface area contributed by atoms with Crippen molar-refractivity contribution in [3.8, 4) is 6.07 Å². The SMILES string of the molecule is N#Cc1cccc2[nH]cc(C(=O)c3nc[nH]c3C(=O)O)c12. The molecule has 1 aromatic carbocycles. The molecule has 0 aliphatic carbocycles. The summed E-state index contributed by atoms with van der Waals surface area (Å²) in [5, 5.41) is 18.6. The lowest BCUT2D eigenvalue weighted by molar-refractivity contribution is 0.0687. The lowest BCUT2D eigenvalue weighted by Gasteiger charge is -1.99. The van der Waals surface area contributed by atoms with Crippen molar-refractivity contribution in [2.24, 2.45) is 0 Å². The summed E-state index contributed by atoms with van der Waals surface area (Å²) < 4.78 is 0. The van der Waals surface area contributed by atoms with Crippen LogP contribution in [-0.4, -0.2) is 31.8 Å². The summed E-state index contributed by atoms with van der Waals surface area (Å²) in [6, 6.07) is 7.04. The van der Waals surface area contributed by atoms with Gasteiger partial charge in [0, 0.05) is 17.1 Å². The molecule has 7 nitrogen and oxygen atoms in total. The van der Waals surface area contributed by atoms with Gasteiger partial charge in [-0.05, 0) is 12.1 Å². The average Bonchev–Trinajstić information content (AvgIpc) is 3.12. The van der Waals surface area contributed by atoms with E-state index in [4.69, 9.17) is 10.4 Å². The fourth-order valence-corrected chi connectivity index (χ4v) is 2.21. The highest BCUT2D eigenvalue weighted by Gasteiger charge is 2.24. The summed E-state index contributed by atoms with van der Waals surface area (Å²) in [6.07, 6.45) is 2.60. The molecule has 3 N–H and O–H groups in total. The first-order valence-electron chi connectivity index (χ1n) is 5.95. The smallest absolute Gasteiger partial charge is 0.354 e. The number of nitriles is 1. The molecule has 0 spiro atoms. The third-order valence-corrected chi connectivity index (χ3v) is 3.14. The highest BCUT2D eigenvalue weighted by atomic mass is 16.4. The summed E-state index contributed by atoms with van der Waals surface area (Å²) >= 11 is 0. The van der Waals surface area contributed by atoms with Gasteiger partial charge in [0.1, 0.15) is 5.69 Å². The van der Waals surface area contributed by atoms with E-state index in [1.54, 1.807) is 18.2 Å². The second-order valence-corrected chi connectivity index (χ2v) is 4.30. The van der Waals surface area contributed by atoms with Gasteiger partial charge in [-0.25, -0.2) is 9.78 Å². The number of rotatable bonds is 3. The summed E-state index contributed by atoms with van der Waals surface area (Å²) in [6.45, 7) is 0. The van der Waals surface area contributed by atoms with Crippen LogP contribution < -0.4 is 0 Å². The van der Waals surface area contributed by atoms with Gasteiger partial charge in [-0.2, -0.15) is 5.26 Å². The molecule has 0 radical (unpaired) electrons. The highest BCUT2D eigenvalue weighted by molar-refractivity contribution is 6.19. The number of hydrogen-bond acceptors (Lipinski definition) is 4. The van der Waals surface area contributed by atoms with E-state index >= 15 is 0 Å². The van der Waals surface area contributed by atoms with Crippen LogP contribution in [0.25, 0.3) is 10.9 Å². The molecule has 3 aromatic rings. The Morgan fingerprint density at radius 3 is 2.81 bits per heavy atom. The van der Waals surface area contributed by atoms with Gasteiger partial charge in [0.25, 0.3) is 0 Å². The van der Waals surface area contributed by atoms with E-state index in [2.05, 4.69) is 15.0 Å². The molecule has 7 heteroatoms. The van der Waals surface area contributed by atoms with Crippen molar-refractivity contribution in [3.63, 3.8) is 0 Å². The zero-order chi connectivity index (χ0) is 15.0. The summed E-state index contributed by atoms with van der Waals surface area (Å²) in [5.74, 6) is -1.82. The number of carbonyl (C=O) groups excluding carboxylic acids is 1. The van der Waals surface area contributed by atoms with E-state index in [9.17, 15) is 9.59 Å². The van der Waals surface area contributed by atoms with E-state index in [0.717, 1.165) is 6.33 Å².